The van der Waals surface area contributed by atoms with E-state index in [-0.39, 0.29) is 0 Å². The van der Waals surface area contributed by atoms with Crippen molar-refractivity contribution in [3.63, 3.8) is 0 Å². The molecule has 78 valence electrons. The maximum atomic E-state index is 4.77. The highest BCUT2D eigenvalue weighted by atomic mass is 16.5. The summed E-state index contributed by atoms with van der Waals surface area (Å²) in [5.41, 5.74) is 3.27. The lowest BCUT2D eigenvalue weighted by Crippen LogP contribution is -1.90. The molecule has 0 atom stereocenters. The Kier molecular flexibility index (Phi) is 3.12. The van der Waals surface area contributed by atoms with Gasteiger partial charge in [-0.15, -0.1) is 5.10 Å². The fraction of sp³-hybridized carbons (Fsp3) is 0.333. The molecule has 0 fully saturated rings. The summed E-state index contributed by atoms with van der Waals surface area (Å²) in [5.74, 6) is 0. The smallest absolute Gasteiger partial charge is 0.152 e. The first-order valence-corrected chi connectivity index (χ1v) is 5.27. The van der Waals surface area contributed by atoms with E-state index < -0.39 is 0 Å². The van der Waals surface area contributed by atoms with Gasteiger partial charge in [-0.1, -0.05) is 37.6 Å². The van der Waals surface area contributed by atoms with Gasteiger partial charge >= 0.3 is 0 Å². The van der Waals surface area contributed by atoms with Crippen LogP contribution in [-0.4, -0.2) is 10.4 Å². The predicted molar refractivity (Wildman–Crippen MR) is 58.3 cm³/mol. The quantitative estimate of drug-likeness (QED) is 0.764. The molecule has 15 heavy (non-hydrogen) atoms. The third-order valence-electron chi connectivity index (χ3n) is 2.45. The minimum atomic E-state index is 0.821. The Balaban J connectivity index is 2.30. The Bertz CT molecular complexity index is 409. The summed E-state index contributed by atoms with van der Waals surface area (Å²) < 4.78 is 4.77. The van der Waals surface area contributed by atoms with Crippen molar-refractivity contribution >= 4 is 0 Å². The zero-order chi connectivity index (χ0) is 10.5. The maximum Gasteiger partial charge on any atom is 0.152 e. The second-order valence-electron chi connectivity index (χ2n) is 3.55. The topological polar surface area (TPSA) is 38.9 Å². The molecule has 0 saturated carbocycles. The molecular formula is C12H14N2O. The zero-order valence-electron chi connectivity index (χ0n) is 8.81. The van der Waals surface area contributed by atoms with Gasteiger partial charge in [-0.2, -0.15) is 0 Å². The van der Waals surface area contributed by atoms with Gasteiger partial charge in [-0.05, 0) is 18.4 Å². The van der Waals surface area contributed by atoms with Crippen molar-refractivity contribution in [3.8, 4) is 11.3 Å². The summed E-state index contributed by atoms with van der Waals surface area (Å²) in [4.78, 5) is 0. The van der Waals surface area contributed by atoms with Crippen LogP contribution < -0.4 is 0 Å². The Morgan fingerprint density at radius 1 is 1.27 bits per heavy atom. The first-order valence-electron chi connectivity index (χ1n) is 5.27. The summed E-state index contributed by atoms with van der Waals surface area (Å²) in [7, 11) is 0. The fourth-order valence-corrected chi connectivity index (χ4v) is 1.64. The van der Waals surface area contributed by atoms with Crippen LogP contribution in [0.1, 0.15) is 25.3 Å². The van der Waals surface area contributed by atoms with E-state index in [1.54, 1.807) is 6.26 Å². The molecule has 0 radical (unpaired) electrons. The van der Waals surface area contributed by atoms with Gasteiger partial charge < -0.3 is 4.52 Å². The third kappa shape index (κ3) is 2.24. The molecular weight excluding hydrogens is 188 g/mol. The van der Waals surface area contributed by atoms with Gasteiger partial charge in [0.15, 0.2) is 6.26 Å². The van der Waals surface area contributed by atoms with Crippen LogP contribution in [0.15, 0.2) is 35.1 Å². The van der Waals surface area contributed by atoms with Gasteiger partial charge in [-0.25, -0.2) is 0 Å². The maximum absolute atomic E-state index is 4.77. The summed E-state index contributed by atoms with van der Waals surface area (Å²) in [5, 5.41) is 7.43. The van der Waals surface area contributed by atoms with E-state index in [9.17, 15) is 0 Å². The van der Waals surface area contributed by atoms with Crippen LogP contribution >= 0.6 is 0 Å². The van der Waals surface area contributed by atoms with E-state index >= 15 is 0 Å². The second-order valence-corrected chi connectivity index (χ2v) is 3.55. The number of nitrogens with zero attached hydrogens (tertiary/aromatic N) is 2. The lowest BCUT2D eigenvalue weighted by Gasteiger charge is -2.04. The molecule has 0 unspecified atom stereocenters. The highest BCUT2D eigenvalue weighted by molar-refractivity contribution is 5.62. The zero-order valence-corrected chi connectivity index (χ0v) is 8.81. The molecule has 1 aromatic carbocycles. The van der Waals surface area contributed by atoms with Crippen molar-refractivity contribution in [2.24, 2.45) is 0 Å². The van der Waals surface area contributed by atoms with Crippen LogP contribution in [0.3, 0.4) is 0 Å². The van der Waals surface area contributed by atoms with Crippen molar-refractivity contribution in [1.29, 1.82) is 0 Å². The summed E-state index contributed by atoms with van der Waals surface area (Å²) in [6.45, 7) is 2.19. The molecule has 0 aliphatic carbocycles. The van der Waals surface area contributed by atoms with Crippen molar-refractivity contribution in [1.82, 2.24) is 10.4 Å². The highest BCUT2D eigenvalue weighted by Gasteiger charge is 2.06. The first kappa shape index (κ1) is 9.90. The number of rotatable bonds is 4. The molecule has 2 rings (SSSR count). The molecule has 2 aromatic rings. The van der Waals surface area contributed by atoms with Crippen LogP contribution in [0.25, 0.3) is 11.3 Å². The highest BCUT2D eigenvalue weighted by Crippen LogP contribution is 2.22. The monoisotopic (exact) mass is 202 g/mol. The largest absolute Gasteiger partial charge is 0.345 e. The molecule has 0 bridgehead atoms. The Morgan fingerprint density at radius 3 is 2.87 bits per heavy atom. The molecule has 1 aromatic heterocycles. The van der Waals surface area contributed by atoms with Crippen molar-refractivity contribution in [2.75, 3.05) is 0 Å². The first-order chi connectivity index (χ1) is 7.42. The lowest BCUT2D eigenvalue weighted by molar-refractivity contribution is 0.393. The SMILES string of the molecule is CCCCc1ccccc1-c1conn1. The number of benzene rings is 1. The number of aromatic nitrogens is 2. The van der Waals surface area contributed by atoms with Gasteiger partial charge in [0.2, 0.25) is 0 Å². The summed E-state index contributed by atoms with van der Waals surface area (Å²) >= 11 is 0. The van der Waals surface area contributed by atoms with Crippen LogP contribution in [0.4, 0.5) is 0 Å². The van der Waals surface area contributed by atoms with Crippen molar-refractivity contribution in [3.05, 3.63) is 36.1 Å². The minimum Gasteiger partial charge on any atom is -0.345 e. The molecule has 3 heteroatoms. The van der Waals surface area contributed by atoms with Gasteiger partial charge in [0.05, 0.1) is 0 Å². The van der Waals surface area contributed by atoms with E-state index in [0.29, 0.717) is 0 Å². The van der Waals surface area contributed by atoms with Crippen LogP contribution in [0, 0.1) is 0 Å². The molecule has 0 aliphatic heterocycles. The predicted octanol–water partition coefficient (Wildman–Crippen LogP) is 3.08. The lowest BCUT2D eigenvalue weighted by atomic mass is 10.0. The van der Waals surface area contributed by atoms with Crippen LogP contribution in [-0.2, 0) is 6.42 Å². The third-order valence-corrected chi connectivity index (χ3v) is 2.45. The number of hydrogen-bond donors (Lipinski definition) is 0. The molecule has 0 N–H and O–H groups in total. The Hall–Kier alpha value is -1.64. The molecule has 0 amide bonds. The van der Waals surface area contributed by atoms with E-state index in [1.807, 2.05) is 6.07 Å². The Labute approximate surface area is 89.1 Å². The molecule has 3 nitrogen and oxygen atoms in total. The van der Waals surface area contributed by atoms with Crippen molar-refractivity contribution < 1.29 is 4.52 Å². The van der Waals surface area contributed by atoms with Crippen molar-refractivity contribution in [2.45, 2.75) is 26.2 Å². The van der Waals surface area contributed by atoms with Gasteiger partial charge in [0, 0.05) is 10.8 Å². The molecule has 1 heterocycles. The standard InChI is InChI=1S/C12H14N2O/c1-2-3-6-10-7-4-5-8-11(10)12-9-15-14-13-12/h4-5,7-9H,2-3,6H2,1H3. The Morgan fingerprint density at radius 2 is 2.13 bits per heavy atom. The molecule has 0 aliphatic rings. The van der Waals surface area contributed by atoms with E-state index in [2.05, 4.69) is 35.5 Å². The van der Waals surface area contributed by atoms with Gasteiger partial charge in [0.25, 0.3) is 0 Å². The van der Waals surface area contributed by atoms with Crippen LogP contribution in [0.2, 0.25) is 0 Å². The average molecular weight is 202 g/mol. The summed E-state index contributed by atoms with van der Waals surface area (Å²) in [6, 6.07) is 8.27. The van der Waals surface area contributed by atoms with Gasteiger partial charge in [0.1, 0.15) is 5.69 Å². The second kappa shape index (κ2) is 4.73. The molecule has 0 saturated heterocycles. The van der Waals surface area contributed by atoms with E-state index in [0.717, 1.165) is 17.7 Å². The fourth-order valence-electron chi connectivity index (χ4n) is 1.64. The van der Waals surface area contributed by atoms with Gasteiger partial charge in [-0.3, -0.25) is 0 Å². The normalized spacial score (nSPS) is 10.5. The minimum absolute atomic E-state index is 0.821. The number of aryl methyl sites for hydroxylation is 1. The van der Waals surface area contributed by atoms with E-state index in [1.165, 1.54) is 18.4 Å². The number of hydrogen-bond acceptors (Lipinski definition) is 3. The van der Waals surface area contributed by atoms with E-state index in [4.69, 9.17) is 4.52 Å². The molecule has 0 spiro atoms. The number of unbranched alkanes of at least 4 members (excludes halogenated alkanes) is 1. The average Bonchev–Trinajstić information content (AvgIpc) is 2.80. The van der Waals surface area contributed by atoms with Crippen LogP contribution in [0.5, 0.6) is 0 Å². The summed E-state index contributed by atoms with van der Waals surface area (Å²) in [6.07, 6.45) is 5.07.